The third kappa shape index (κ3) is 4.30. The minimum Gasteiger partial charge on any atom is -0.465 e. The molecule has 1 rings (SSSR count). The molecule has 0 N–H and O–H groups in total. The van der Waals surface area contributed by atoms with Crippen LogP contribution in [0.5, 0.6) is 0 Å². The molecule has 116 valence electrons. The van der Waals surface area contributed by atoms with E-state index in [0.29, 0.717) is 0 Å². The lowest BCUT2D eigenvalue weighted by molar-refractivity contribution is -0.146. The van der Waals surface area contributed by atoms with Crippen LogP contribution in [0.25, 0.3) is 0 Å². The zero-order chi connectivity index (χ0) is 16.2. The van der Waals surface area contributed by atoms with Crippen molar-refractivity contribution < 1.29 is 27.5 Å². The first-order valence-electron chi connectivity index (χ1n) is 6.29. The van der Waals surface area contributed by atoms with Crippen molar-refractivity contribution in [3.8, 4) is 0 Å². The number of Topliss-reactive ketones (excluding diaryl/α,β-unsaturated/α-hetero) is 1. The summed E-state index contributed by atoms with van der Waals surface area (Å²) in [6.07, 6.45) is -4.60. The van der Waals surface area contributed by atoms with E-state index in [1.54, 1.807) is 13.8 Å². The topological polar surface area (TPSA) is 43.4 Å². The third-order valence-corrected chi connectivity index (χ3v) is 3.34. The third-order valence-electron chi connectivity index (χ3n) is 2.85. The maximum Gasteiger partial charge on any atom is 0.417 e. The Bertz CT molecular complexity index is 541. The number of hydrogen-bond acceptors (Lipinski definition) is 3. The summed E-state index contributed by atoms with van der Waals surface area (Å²) in [7, 11) is 0. The first kappa shape index (κ1) is 17.7. The van der Waals surface area contributed by atoms with Crippen LogP contribution < -0.4 is 0 Å². The van der Waals surface area contributed by atoms with E-state index >= 15 is 0 Å². The Morgan fingerprint density at radius 1 is 1.29 bits per heavy atom. The predicted octanol–water partition coefficient (Wildman–Crippen LogP) is 4.24. The second-order valence-corrected chi connectivity index (χ2v) is 5.18. The Morgan fingerprint density at radius 2 is 1.90 bits per heavy atom. The predicted molar refractivity (Wildman–Crippen MR) is 73.9 cm³/mol. The molecule has 3 nitrogen and oxygen atoms in total. The number of esters is 1. The fourth-order valence-corrected chi connectivity index (χ4v) is 2.22. The molecular weight excluding hydrogens is 353 g/mol. The van der Waals surface area contributed by atoms with Gasteiger partial charge in [-0.25, -0.2) is 0 Å². The molecule has 0 radical (unpaired) electrons. The number of rotatable bonds is 5. The van der Waals surface area contributed by atoms with Gasteiger partial charge in [-0.15, -0.1) is 0 Å². The van der Waals surface area contributed by atoms with Gasteiger partial charge in [0.1, 0.15) is 5.92 Å². The smallest absolute Gasteiger partial charge is 0.417 e. The highest BCUT2D eigenvalue weighted by atomic mass is 79.9. The van der Waals surface area contributed by atoms with Gasteiger partial charge in [0.15, 0.2) is 5.78 Å². The molecule has 0 aliphatic heterocycles. The summed E-state index contributed by atoms with van der Waals surface area (Å²) < 4.78 is 44.0. The van der Waals surface area contributed by atoms with Gasteiger partial charge < -0.3 is 4.74 Å². The van der Waals surface area contributed by atoms with Crippen LogP contribution in [0.15, 0.2) is 22.7 Å². The van der Waals surface area contributed by atoms with Crippen molar-refractivity contribution >= 4 is 27.7 Å². The number of ether oxygens (including phenoxy) is 1. The van der Waals surface area contributed by atoms with Crippen molar-refractivity contribution in [3.63, 3.8) is 0 Å². The molecule has 1 aromatic rings. The Balaban J connectivity index is 3.26. The normalized spacial score (nSPS) is 12.9. The van der Waals surface area contributed by atoms with E-state index in [1.807, 2.05) is 0 Å². The Hall–Kier alpha value is -1.37. The lowest BCUT2D eigenvalue weighted by Crippen LogP contribution is -2.27. The maximum atomic E-state index is 13.0. The summed E-state index contributed by atoms with van der Waals surface area (Å²) in [4.78, 5) is 23.9. The molecule has 0 aromatic heterocycles. The number of hydrogen-bond donors (Lipinski definition) is 0. The summed E-state index contributed by atoms with van der Waals surface area (Å²) in [5.74, 6) is -2.91. The maximum absolute atomic E-state index is 13.0. The van der Waals surface area contributed by atoms with Gasteiger partial charge >= 0.3 is 12.1 Å². The van der Waals surface area contributed by atoms with Crippen molar-refractivity contribution in [2.24, 2.45) is 5.92 Å². The van der Waals surface area contributed by atoms with E-state index in [9.17, 15) is 22.8 Å². The van der Waals surface area contributed by atoms with Gasteiger partial charge in [-0.2, -0.15) is 13.2 Å². The van der Waals surface area contributed by atoms with Crippen LogP contribution in [0.4, 0.5) is 13.2 Å². The number of ketones is 1. The fourth-order valence-electron chi connectivity index (χ4n) is 1.86. The summed E-state index contributed by atoms with van der Waals surface area (Å²) in [5.41, 5.74) is -1.59. The standard InChI is InChI=1S/C14H14BrF3O3/c1-3-9(13(20)21-4-2)12(19)10-6-5-8(15)7-11(10)14(16,17)18/h5-7,9H,3-4H2,1-2H3. The second kappa shape index (κ2) is 7.06. The van der Waals surface area contributed by atoms with Gasteiger partial charge in [-0.3, -0.25) is 9.59 Å². The summed E-state index contributed by atoms with van der Waals surface area (Å²) in [6, 6.07) is 3.22. The largest absolute Gasteiger partial charge is 0.465 e. The number of carbonyl (C=O) groups is 2. The van der Waals surface area contributed by atoms with Gasteiger partial charge in [0.2, 0.25) is 0 Å². The van der Waals surface area contributed by atoms with Gasteiger partial charge in [0, 0.05) is 10.0 Å². The van der Waals surface area contributed by atoms with E-state index in [1.165, 1.54) is 6.07 Å². The molecular formula is C14H14BrF3O3. The van der Waals surface area contributed by atoms with E-state index < -0.39 is 35.0 Å². The molecule has 0 amide bonds. The Kier molecular flexibility index (Phi) is 5.95. The van der Waals surface area contributed by atoms with E-state index in [2.05, 4.69) is 15.9 Å². The molecule has 7 heteroatoms. The minimum absolute atomic E-state index is 0.0646. The van der Waals surface area contributed by atoms with Gasteiger partial charge in [-0.1, -0.05) is 22.9 Å². The van der Waals surface area contributed by atoms with Crippen LogP contribution in [0.1, 0.15) is 36.2 Å². The average molecular weight is 367 g/mol. The molecule has 21 heavy (non-hydrogen) atoms. The quantitative estimate of drug-likeness (QED) is 0.444. The van der Waals surface area contributed by atoms with Gasteiger partial charge in [-0.05, 0) is 31.5 Å². The van der Waals surface area contributed by atoms with Crippen molar-refractivity contribution in [1.82, 2.24) is 0 Å². The number of benzene rings is 1. The Morgan fingerprint density at radius 3 is 2.38 bits per heavy atom. The first-order valence-corrected chi connectivity index (χ1v) is 7.09. The van der Waals surface area contributed by atoms with E-state index in [0.717, 1.165) is 12.1 Å². The van der Waals surface area contributed by atoms with E-state index in [-0.39, 0.29) is 17.5 Å². The zero-order valence-corrected chi connectivity index (χ0v) is 13.0. The monoisotopic (exact) mass is 366 g/mol. The van der Waals surface area contributed by atoms with Gasteiger partial charge in [0.05, 0.1) is 12.2 Å². The fraction of sp³-hybridized carbons (Fsp3) is 0.429. The van der Waals surface area contributed by atoms with Crippen LogP contribution >= 0.6 is 15.9 Å². The van der Waals surface area contributed by atoms with Gasteiger partial charge in [0.25, 0.3) is 0 Å². The molecule has 0 spiro atoms. The summed E-state index contributed by atoms with van der Waals surface area (Å²) in [6.45, 7) is 3.18. The molecule has 0 aliphatic rings. The highest BCUT2D eigenvalue weighted by Gasteiger charge is 2.38. The van der Waals surface area contributed by atoms with Crippen LogP contribution in [0.2, 0.25) is 0 Å². The van der Waals surface area contributed by atoms with Crippen LogP contribution in [0.3, 0.4) is 0 Å². The second-order valence-electron chi connectivity index (χ2n) is 4.26. The number of carbonyl (C=O) groups excluding carboxylic acids is 2. The minimum atomic E-state index is -4.68. The molecule has 0 aliphatic carbocycles. The lowest BCUT2D eigenvalue weighted by atomic mass is 9.92. The summed E-state index contributed by atoms with van der Waals surface area (Å²) >= 11 is 2.94. The molecule has 1 atom stereocenters. The zero-order valence-electron chi connectivity index (χ0n) is 11.5. The van der Waals surface area contributed by atoms with Crippen LogP contribution in [-0.2, 0) is 15.7 Å². The average Bonchev–Trinajstić information content (AvgIpc) is 2.38. The molecule has 0 bridgehead atoms. The van der Waals surface area contributed by atoms with Crippen LogP contribution in [-0.4, -0.2) is 18.4 Å². The highest BCUT2D eigenvalue weighted by Crippen LogP contribution is 2.35. The van der Waals surface area contributed by atoms with Crippen molar-refractivity contribution in [3.05, 3.63) is 33.8 Å². The molecule has 0 saturated heterocycles. The van der Waals surface area contributed by atoms with Crippen molar-refractivity contribution in [1.29, 1.82) is 0 Å². The highest BCUT2D eigenvalue weighted by molar-refractivity contribution is 9.10. The van der Waals surface area contributed by atoms with Crippen molar-refractivity contribution in [2.45, 2.75) is 26.4 Å². The number of halogens is 4. The Labute approximate surface area is 128 Å². The SMILES string of the molecule is CCOC(=O)C(CC)C(=O)c1ccc(Br)cc1C(F)(F)F. The molecule has 1 unspecified atom stereocenters. The molecule has 0 heterocycles. The lowest BCUT2D eigenvalue weighted by Gasteiger charge is -2.17. The molecule has 1 aromatic carbocycles. The molecule has 0 fully saturated rings. The van der Waals surface area contributed by atoms with E-state index in [4.69, 9.17) is 4.74 Å². The summed E-state index contributed by atoms with van der Waals surface area (Å²) in [5, 5.41) is 0. The first-order chi connectivity index (χ1) is 9.72. The number of alkyl halides is 3. The van der Waals surface area contributed by atoms with Crippen molar-refractivity contribution in [2.75, 3.05) is 6.61 Å². The van der Waals surface area contributed by atoms with Crippen LogP contribution in [0, 0.1) is 5.92 Å². The molecule has 0 saturated carbocycles.